The number of hydrogen-bond acceptors (Lipinski definition) is 1. The summed E-state index contributed by atoms with van der Waals surface area (Å²) >= 11 is 5.95. The summed E-state index contributed by atoms with van der Waals surface area (Å²) in [4.78, 5) is 0. The summed E-state index contributed by atoms with van der Waals surface area (Å²) < 4.78 is 14.4. The highest BCUT2D eigenvalue weighted by molar-refractivity contribution is 6.33. The topological polar surface area (TPSA) is 17.8 Å². The van der Waals surface area contributed by atoms with Gasteiger partial charge < -0.3 is 0 Å². The van der Waals surface area contributed by atoms with Crippen LogP contribution in [-0.2, 0) is 7.05 Å². The van der Waals surface area contributed by atoms with E-state index in [0.29, 0.717) is 5.02 Å². The number of benzene rings is 1. The molecule has 0 fully saturated rings. The number of nitrogens with zero attached hydrogens (tertiary/aromatic N) is 2. The van der Waals surface area contributed by atoms with Gasteiger partial charge in [-0.2, -0.15) is 5.10 Å². The average molecular weight is 224 g/mol. The molecule has 77 valence electrons. The minimum Gasteiger partial charge on any atom is -0.265 e. The van der Waals surface area contributed by atoms with Crippen molar-refractivity contribution in [2.75, 3.05) is 0 Å². The molecule has 0 aliphatic rings. The van der Waals surface area contributed by atoms with Crippen LogP contribution in [-0.4, -0.2) is 9.78 Å². The lowest BCUT2D eigenvalue weighted by molar-refractivity contribution is 0.628. The highest BCUT2D eigenvalue weighted by atomic mass is 35.5. The number of aryl methyl sites for hydroxylation is 2. The van der Waals surface area contributed by atoms with Crippen molar-refractivity contribution in [3.8, 4) is 11.1 Å². The first-order valence-corrected chi connectivity index (χ1v) is 4.84. The van der Waals surface area contributed by atoms with Crippen LogP contribution < -0.4 is 0 Å². The first-order chi connectivity index (χ1) is 7.08. The maximum absolute atomic E-state index is 12.9. The molecule has 0 aliphatic heterocycles. The molecule has 2 rings (SSSR count). The van der Waals surface area contributed by atoms with E-state index in [9.17, 15) is 4.39 Å². The van der Waals surface area contributed by atoms with Crippen molar-refractivity contribution in [1.82, 2.24) is 9.78 Å². The summed E-state index contributed by atoms with van der Waals surface area (Å²) in [5, 5.41) is 4.54. The molecule has 0 spiro atoms. The molecule has 4 heteroatoms. The zero-order chi connectivity index (χ0) is 11.0. The van der Waals surface area contributed by atoms with Crippen LogP contribution in [0.2, 0.25) is 5.02 Å². The highest BCUT2D eigenvalue weighted by Gasteiger charge is 2.10. The summed E-state index contributed by atoms with van der Waals surface area (Å²) in [5.74, 6) is -0.342. The van der Waals surface area contributed by atoms with Gasteiger partial charge in [0.25, 0.3) is 0 Å². The molecule has 0 amide bonds. The van der Waals surface area contributed by atoms with Gasteiger partial charge in [0.1, 0.15) is 5.82 Å². The van der Waals surface area contributed by atoms with Crippen LogP contribution >= 0.6 is 11.6 Å². The van der Waals surface area contributed by atoms with Crippen molar-refractivity contribution in [3.05, 3.63) is 40.9 Å². The van der Waals surface area contributed by atoms with Crippen molar-refractivity contribution in [1.29, 1.82) is 0 Å². The minimum atomic E-state index is -0.342. The number of halogens is 2. The molecular weight excluding hydrogens is 215 g/mol. The predicted molar refractivity (Wildman–Crippen MR) is 57.2 cm³/mol. The minimum absolute atomic E-state index is 0.342. The van der Waals surface area contributed by atoms with E-state index in [-0.39, 0.29) is 5.82 Å². The van der Waals surface area contributed by atoms with E-state index in [2.05, 4.69) is 11.3 Å². The Morgan fingerprint density at radius 2 is 2.20 bits per heavy atom. The van der Waals surface area contributed by atoms with Crippen LogP contribution in [0.3, 0.4) is 0 Å². The third-order valence-corrected chi connectivity index (χ3v) is 2.45. The molecule has 0 saturated carbocycles. The zero-order valence-corrected chi connectivity index (χ0v) is 9.14. The van der Waals surface area contributed by atoms with Gasteiger partial charge >= 0.3 is 0 Å². The second-order valence-electron chi connectivity index (χ2n) is 3.32. The molecule has 0 saturated heterocycles. The van der Waals surface area contributed by atoms with Crippen LogP contribution in [0.5, 0.6) is 0 Å². The van der Waals surface area contributed by atoms with Crippen LogP contribution in [0.1, 0.15) is 5.69 Å². The third-order valence-electron chi connectivity index (χ3n) is 2.14. The molecular formula is C11H9ClFN2. The fourth-order valence-electron chi connectivity index (χ4n) is 1.49. The molecule has 2 nitrogen and oxygen atoms in total. The second kappa shape index (κ2) is 3.66. The van der Waals surface area contributed by atoms with Gasteiger partial charge in [0.2, 0.25) is 0 Å². The Morgan fingerprint density at radius 3 is 2.73 bits per heavy atom. The summed E-state index contributed by atoms with van der Waals surface area (Å²) in [7, 11) is 1.79. The maximum atomic E-state index is 12.9. The van der Waals surface area contributed by atoms with Gasteiger partial charge in [-0.05, 0) is 25.1 Å². The Balaban J connectivity index is 2.59. The number of rotatable bonds is 1. The predicted octanol–water partition coefficient (Wildman–Crippen LogP) is 2.99. The highest BCUT2D eigenvalue weighted by Crippen LogP contribution is 2.29. The van der Waals surface area contributed by atoms with Crippen LogP contribution in [0.4, 0.5) is 4.39 Å². The van der Waals surface area contributed by atoms with Crippen LogP contribution in [0.15, 0.2) is 18.2 Å². The third kappa shape index (κ3) is 1.88. The Bertz CT molecular complexity index is 505. The monoisotopic (exact) mass is 223 g/mol. The fourth-order valence-corrected chi connectivity index (χ4v) is 1.75. The van der Waals surface area contributed by atoms with Crippen LogP contribution in [0, 0.1) is 18.9 Å². The summed E-state index contributed by atoms with van der Waals surface area (Å²) in [6, 6.07) is 4.30. The average Bonchev–Trinajstić information content (AvgIpc) is 2.45. The van der Waals surface area contributed by atoms with Crippen molar-refractivity contribution in [3.63, 3.8) is 0 Å². The van der Waals surface area contributed by atoms with Gasteiger partial charge in [0, 0.05) is 18.2 Å². The van der Waals surface area contributed by atoms with Gasteiger partial charge in [0.05, 0.1) is 16.9 Å². The molecule has 1 aromatic heterocycles. The Morgan fingerprint density at radius 1 is 1.47 bits per heavy atom. The molecule has 0 atom stereocenters. The molecule has 1 heterocycles. The largest absolute Gasteiger partial charge is 0.265 e. The molecule has 0 N–H and O–H groups in total. The molecule has 2 aromatic rings. The molecule has 0 bridgehead atoms. The zero-order valence-electron chi connectivity index (χ0n) is 8.38. The smallest absolute Gasteiger partial charge is 0.124 e. The van der Waals surface area contributed by atoms with Gasteiger partial charge in [-0.3, -0.25) is 4.68 Å². The standard InChI is InChI=1S/C11H9ClFN2/c1-7-10(6-15(2)14-7)9-4-3-8(13)5-11(9)12/h3-5H,1-2H3. The molecule has 1 radical (unpaired) electrons. The van der Waals surface area contributed by atoms with Gasteiger partial charge in [-0.1, -0.05) is 11.6 Å². The van der Waals surface area contributed by atoms with E-state index in [1.807, 2.05) is 6.92 Å². The maximum Gasteiger partial charge on any atom is 0.124 e. The van der Waals surface area contributed by atoms with Crippen LogP contribution in [0.25, 0.3) is 11.1 Å². The SMILES string of the molecule is Cc1nn(C)[c]c1-c1ccc(F)cc1Cl. The lowest BCUT2D eigenvalue weighted by atomic mass is 10.1. The normalized spacial score (nSPS) is 10.7. The quantitative estimate of drug-likeness (QED) is 0.727. The first kappa shape index (κ1) is 10.2. The van der Waals surface area contributed by atoms with E-state index < -0.39 is 0 Å². The van der Waals surface area contributed by atoms with Crippen molar-refractivity contribution in [2.45, 2.75) is 6.92 Å². The van der Waals surface area contributed by atoms with Gasteiger partial charge in [0.15, 0.2) is 0 Å². The lowest BCUT2D eigenvalue weighted by Crippen LogP contribution is -1.86. The molecule has 0 unspecified atom stereocenters. The fraction of sp³-hybridized carbons (Fsp3) is 0.182. The molecule has 0 aliphatic carbocycles. The van der Waals surface area contributed by atoms with E-state index in [1.165, 1.54) is 12.1 Å². The summed E-state index contributed by atoms with van der Waals surface area (Å²) in [6.07, 6.45) is 3.02. The van der Waals surface area contributed by atoms with E-state index in [1.54, 1.807) is 17.8 Å². The summed E-state index contributed by atoms with van der Waals surface area (Å²) in [5.41, 5.74) is 2.39. The molecule has 1 aromatic carbocycles. The second-order valence-corrected chi connectivity index (χ2v) is 3.73. The van der Waals surface area contributed by atoms with E-state index in [4.69, 9.17) is 11.6 Å². The lowest BCUT2D eigenvalue weighted by Gasteiger charge is -2.01. The Kier molecular flexibility index (Phi) is 2.49. The van der Waals surface area contributed by atoms with E-state index >= 15 is 0 Å². The van der Waals surface area contributed by atoms with Crippen molar-refractivity contribution in [2.24, 2.45) is 7.05 Å². The molecule has 15 heavy (non-hydrogen) atoms. The summed E-state index contributed by atoms with van der Waals surface area (Å²) in [6.45, 7) is 1.87. The van der Waals surface area contributed by atoms with Gasteiger partial charge in [-0.15, -0.1) is 0 Å². The van der Waals surface area contributed by atoms with Gasteiger partial charge in [-0.25, -0.2) is 4.39 Å². The van der Waals surface area contributed by atoms with Crippen molar-refractivity contribution < 1.29 is 4.39 Å². The van der Waals surface area contributed by atoms with E-state index in [0.717, 1.165) is 16.8 Å². The number of hydrogen-bond donors (Lipinski definition) is 0. The van der Waals surface area contributed by atoms with Crippen molar-refractivity contribution >= 4 is 11.6 Å². The number of aromatic nitrogens is 2. The Hall–Kier alpha value is -1.35. The Labute approximate surface area is 92.3 Å². The first-order valence-electron chi connectivity index (χ1n) is 4.46.